The summed E-state index contributed by atoms with van der Waals surface area (Å²) in [4.78, 5) is 14.5. The maximum Gasteiger partial charge on any atom is 0.416 e. The largest absolute Gasteiger partial charge is 0.416 e. The summed E-state index contributed by atoms with van der Waals surface area (Å²) in [7, 11) is -4.28. The third-order valence-electron chi connectivity index (χ3n) is 4.93. The molecule has 3 rings (SSSR count). The number of carbonyl (C=O) groups is 1. The molecule has 1 fully saturated rings. The number of rotatable bonds is 8. The van der Waals surface area contributed by atoms with E-state index in [9.17, 15) is 26.4 Å². The number of amides is 1. The third-order valence-corrected chi connectivity index (χ3v) is 6.72. The number of hydrogen-bond donors (Lipinski definition) is 1. The maximum atomic E-state index is 13.2. The Hall–Kier alpha value is -2.63. The summed E-state index contributed by atoms with van der Waals surface area (Å²) in [6, 6.07) is 11.2. The molecule has 11 heteroatoms. The van der Waals surface area contributed by atoms with E-state index in [1.54, 1.807) is 6.07 Å². The van der Waals surface area contributed by atoms with Crippen LogP contribution in [0.1, 0.15) is 5.56 Å². The average molecular weight is 472 g/mol. The van der Waals surface area contributed by atoms with Crippen LogP contribution in [-0.4, -0.2) is 65.2 Å². The molecule has 0 unspecified atom stereocenters. The zero-order valence-electron chi connectivity index (χ0n) is 17.2. The lowest BCUT2D eigenvalue weighted by Gasteiger charge is -2.27. The van der Waals surface area contributed by atoms with Crippen LogP contribution in [0.25, 0.3) is 0 Å². The molecule has 1 aliphatic heterocycles. The fraction of sp³-hybridized carbons (Fsp3) is 0.381. The highest BCUT2D eigenvalue weighted by atomic mass is 32.2. The van der Waals surface area contributed by atoms with Gasteiger partial charge < -0.3 is 10.1 Å². The van der Waals surface area contributed by atoms with Gasteiger partial charge in [-0.25, -0.2) is 8.42 Å². The van der Waals surface area contributed by atoms with E-state index in [1.807, 2.05) is 0 Å². The second-order valence-electron chi connectivity index (χ2n) is 7.18. The van der Waals surface area contributed by atoms with Crippen molar-refractivity contribution >= 4 is 21.6 Å². The van der Waals surface area contributed by atoms with Gasteiger partial charge in [0.15, 0.2) is 0 Å². The van der Waals surface area contributed by atoms with Crippen LogP contribution < -0.4 is 9.62 Å². The predicted molar refractivity (Wildman–Crippen MR) is 113 cm³/mol. The van der Waals surface area contributed by atoms with Crippen molar-refractivity contribution in [3.8, 4) is 0 Å². The molecular weight excluding hydrogens is 447 g/mol. The van der Waals surface area contributed by atoms with Crippen LogP contribution in [0.5, 0.6) is 0 Å². The highest BCUT2D eigenvalue weighted by Gasteiger charge is 2.33. The van der Waals surface area contributed by atoms with Gasteiger partial charge >= 0.3 is 6.18 Å². The van der Waals surface area contributed by atoms with E-state index in [-0.39, 0.29) is 17.1 Å². The van der Waals surface area contributed by atoms with Crippen LogP contribution in [0.3, 0.4) is 0 Å². The highest BCUT2D eigenvalue weighted by Crippen LogP contribution is 2.33. The summed E-state index contributed by atoms with van der Waals surface area (Å²) in [5, 5.41) is 2.65. The summed E-state index contributed by atoms with van der Waals surface area (Å²) in [6.45, 7) is 2.86. The van der Waals surface area contributed by atoms with Crippen molar-refractivity contribution in [1.29, 1.82) is 0 Å². The number of ether oxygens (including phenoxy) is 1. The average Bonchev–Trinajstić information content (AvgIpc) is 2.78. The molecule has 1 amide bonds. The van der Waals surface area contributed by atoms with Crippen LogP contribution >= 0.6 is 0 Å². The number of alkyl halides is 3. The van der Waals surface area contributed by atoms with Gasteiger partial charge in [0, 0.05) is 26.2 Å². The smallest absolute Gasteiger partial charge is 0.379 e. The summed E-state index contributed by atoms with van der Waals surface area (Å²) >= 11 is 0. The summed E-state index contributed by atoms with van der Waals surface area (Å²) in [5.74, 6) is -0.616. The monoisotopic (exact) mass is 471 g/mol. The number of carbonyl (C=O) groups excluding carboxylic acids is 1. The molecule has 0 atom stereocenters. The zero-order valence-corrected chi connectivity index (χ0v) is 18.0. The number of nitrogens with zero attached hydrogens (tertiary/aromatic N) is 2. The normalized spacial score (nSPS) is 15.3. The molecule has 32 heavy (non-hydrogen) atoms. The second-order valence-corrected chi connectivity index (χ2v) is 9.04. The quantitative estimate of drug-likeness (QED) is 0.640. The van der Waals surface area contributed by atoms with Gasteiger partial charge in [-0.15, -0.1) is 0 Å². The van der Waals surface area contributed by atoms with E-state index in [2.05, 4.69) is 10.2 Å². The van der Waals surface area contributed by atoms with E-state index in [0.29, 0.717) is 24.1 Å². The molecular formula is C21H24F3N3O4S. The Kier molecular flexibility index (Phi) is 7.75. The Morgan fingerprint density at radius 3 is 2.41 bits per heavy atom. The van der Waals surface area contributed by atoms with Crippen molar-refractivity contribution in [2.24, 2.45) is 0 Å². The Labute approximate surface area is 184 Å². The lowest BCUT2D eigenvalue weighted by Crippen LogP contribution is -2.44. The van der Waals surface area contributed by atoms with Crippen LogP contribution in [0, 0.1) is 0 Å². The van der Waals surface area contributed by atoms with E-state index in [4.69, 9.17) is 4.74 Å². The van der Waals surface area contributed by atoms with Crippen LogP contribution in [0.2, 0.25) is 0 Å². The summed E-state index contributed by atoms with van der Waals surface area (Å²) in [6.07, 6.45) is -4.65. The standard InChI is InChI=1S/C21H24F3N3O4S/c22-21(23,24)17-5-4-6-18(15-17)27(32(29,30)19-7-2-1-3-8-19)16-20(28)25-9-10-26-11-13-31-14-12-26/h1-8,15H,9-14,16H2,(H,25,28). The number of anilines is 1. The number of benzene rings is 2. The van der Waals surface area contributed by atoms with E-state index in [1.165, 1.54) is 30.3 Å². The second kappa shape index (κ2) is 10.3. The molecule has 0 aliphatic carbocycles. The third kappa shape index (κ3) is 6.21. The molecule has 1 aliphatic rings. The molecule has 0 spiro atoms. The fourth-order valence-electron chi connectivity index (χ4n) is 3.24. The van der Waals surface area contributed by atoms with Crippen molar-refractivity contribution in [3.05, 3.63) is 60.2 Å². The first-order valence-electron chi connectivity index (χ1n) is 10.00. The van der Waals surface area contributed by atoms with Gasteiger partial charge in [0.1, 0.15) is 6.54 Å². The van der Waals surface area contributed by atoms with Crippen molar-refractivity contribution < 1.29 is 31.1 Å². The Balaban J connectivity index is 1.80. The van der Waals surface area contributed by atoms with Gasteiger partial charge in [-0.1, -0.05) is 24.3 Å². The van der Waals surface area contributed by atoms with Crippen LogP contribution in [0.15, 0.2) is 59.5 Å². The van der Waals surface area contributed by atoms with E-state index >= 15 is 0 Å². The molecule has 0 saturated carbocycles. The molecule has 0 radical (unpaired) electrons. The Morgan fingerprint density at radius 2 is 1.75 bits per heavy atom. The fourth-order valence-corrected chi connectivity index (χ4v) is 4.67. The number of halogens is 3. The molecule has 1 heterocycles. The minimum absolute atomic E-state index is 0.126. The summed E-state index contributed by atoms with van der Waals surface area (Å²) in [5.41, 5.74) is -1.25. The zero-order chi connectivity index (χ0) is 23.2. The molecule has 0 aromatic heterocycles. The predicted octanol–water partition coefficient (Wildman–Crippen LogP) is 2.35. The van der Waals surface area contributed by atoms with E-state index < -0.39 is 34.2 Å². The lowest BCUT2D eigenvalue weighted by molar-refractivity contribution is -0.137. The number of sulfonamides is 1. The van der Waals surface area contributed by atoms with Gasteiger partial charge in [0.2, 0.25) is 5.91 Å². The molecule has 174 valence electrons. The lowest BCUT2D eigenvalue weighted by atomic mass is 10.2. The molecule has 7 nitrogen and oxygen atoms in total. The van der Waals surface area contributed by atoms with Gasteiger partial charge in [-0.2, -0.15) is 13.2 Å². The Bertz CT molecular complexity index is 1010. The topological polar surface area (TPSA) is 79.0 Å². The van der Waals surface area contributed by atoms with Crippen molar-refractivity contribution in [2.45, 2.75) is 11.1 Å². The van der Waals surface area contributed by atoms with Crippen molar-refractivity contribution in [1.82, 2.24) is 10.2 Å². The summed E-state index contributed by atoms with van der Waals surface area (Å²) < 4.78 is 71.9. The number of nitrogens with one attached hydrogen (secondary N) is 1. The number of hydrogen-bond acceptors (Lipinski definition) is 5. The van der Waals surface area contributed by atoms with Gasteiger partial charge in [0.25, 0.3) is 10.0 Å². The molecule has 2 aromatic rings. The van der Waals surface area contributed by atoms with E-state index in [0.717, 1.165) is 31.3 Å². The van der Waals surface area contributed by atoms with Gasteiger partial charge in [-0.05, 0) is 30.3 Å². The molecule has 2 aromatic carbocycles. The SMILES string of the molecule is O=C(CN(c1cccc(C(F)(F)F)c1)S(=O)(=O)c1ccccc1)NCCN1CCOCC1. The van der Waals surface area contributed by atoms with Crippen molar-refractivity contribution in [3.63, 3.8) is 0 Å². The first-order valence-corrected chi connectivity index (χ1v) is 11.4. The van der Waals surface area contributed by atoms with Gasteiger partial charge in [0.05, 0.1) is 29.4 Å². The van der Waals surface area contributed by atoms with Crippen molar-refractivity contribution in [2.75, 3.05) is 50.2 Å². The van der Waals surface area contributed by atoms with Gasteiger partial charge in [-0.3, -0.25) is 14.0 Å². The van der Waals surface area contributed by atoms with Crippen LogP contribution in [0.4, 0.5) is 18.9 Å². The first kappa shape index (κ1) is 24.0. The highest BCUT2D eigenvalue weighted by molar-refractivity contribution is 7.92. The molecule has 1 saturated heterocycles. The van der Waals surface area contributed by atoms with Crippen LogP contribution in [-0.2, 0) is 25.7 Å². The number of morpholine rings is 1. The molecule has 1 N–H and O–H groups in total. The molecule has 0 bridgehead atoms. The Morgan fingerprint density at radius 1 is 1.06 bits per heavy atom. The first-order chi connectivity index (χ1) is 15.2. The minimum atomic E-state index is -4.65. The maximum absolute atomic E-state index is 13.2. The minimum Gasteiger partial charge on any atom is -0.379 e.